The quantitative estimate of drug-likeness (QED) is 0.937. The highest BCUT2D eigenvalue weighted by Crippen LogP contribution is 2.33. The van der Waals surface area contributed by atoms with Crippen LogP contribution in [0.2, 0.25) is 0 Å². The van der Waals surface area contributed by atoms with E-state index in [1.165, 1.54) is 5.56 Å². The lowest BCUT2D eigenvalue weighted by atomic mass is 9.92. The van der Waals surface area contributed by atoms with Gasteiger partial charge in [-0.05, 0) is 31.5 Å². The number of nitrogens with one attached hydrogen (secondary N) is 1. The van der Waals surface area contributed by atoms with Gasteiger partial charge in [-0.3, -0.25) is 9.88 Å². The van der Waals surface area contributed by atoms with E-state index in [0.717, 1.165) is 25.3 Å². The molecular formula is C18H23N3. The molecule has 2 heterocycles. The summed E-state index contributed by atoms with van der Waals surface area (Å²) in [4.78, 5) is 7.20. The van der Waals surface area contributed by atoms with Crippen molar-refractivity contribution in [3.05, 3.63) is 66.0 Å². The van der Waals surface area contributed by atoms with Crippen molar-refractivity contribution in [3.63, 3.8) is 0 Å². The van der Waals surface area contributed by atoms with Crippen LogP contribution < -0.4 is 5.32 Å². The fourth-order valence-electron chi connectivity index (χ4n) is 3.16. The Morgan fingerprint density at radius 3 is 2.52 bits per heavy atom. The van der Waals surface area contributed by atoms with Gasteiger partial charge in [-0.25, -0.2) is 0 Å². The van der Waals surface area contributed by atoms with Crippen LogP contribution in [-0.2, 0) is 0 Å². The average molecular weight is 281 g/mol. The normalized spacial score (nSPS) is 20.1. The van der Waals surface area contributed by atoms with E-state index in [9.17, 15) is 0 Å². The van der Waals surface area contributed by atoms with Crippen LogP contribution in [-0.4, -0.2) is 35.1 Å². The van der Waals surface area contributed by atoms with Gasteiger partial charge in [0.15, 0.2) is 0 Å². The summed E-state index contributed by atoms with van der Waals surface area (Å²) in [6.07, 6.45) is 1.89. The lowest BCUT2D eigenvalue weighted by Crippen LogP contribution is -2.59. The second kappa shape index (κ2) is 5.96. The smallest absolute Gasteiger partial charge is 0.0781 e. The minimum absolute atomic E-state index is 0.107. The van der Waals surface area contributed by atoms with E-state index in [2.05, 4.69) is 71.5 Å². The van der Waals surface area contributed by atoms with Gasteiger partial charge in [-0.15, -0.1) is 0 Å². The Bertz CT molecular complexity index is 526. The second-order valence-electron chi connectivity index (χ2n) is 6.25. The first-order valence-electron chi connectivity index (χ1n) is 7.62. The number of hydrogen-bond acceptors (Lipinski definition) is 3. The number of pyridine rings is 1. The van der Waals surface area contributed by atoms with Gasteiger partial charge in [-0.2, -0.15) is 0 Å². The van der Waals surface area contributed by atoms with Crippen molar-refractivity contribution >= 4 is 0 Å². The number of rotatable bonds is 3. The highest BCUT2D eigenvalue weighted by Gasteiger charge is 2.36. The molecule has 2 aromatic rings. The summed E-state index contributed by atoms with van der Waals surface area (Å²) in [5.74, 6) is 0. The van der Waals surface area contributed by atoms with Crippen molar-refractivity contribution in [2.45, 2.75) is 25.4 Å². The van der Waals surface area contributed by atoms with Gasteiger partial charge in [0.1, 0.15) is 0 Å². The summed E-state index contributed by atoms with van der Waals surface area (Å²) >= 11 is 0. The van der Waals surface area contributed by atoms with Gasteiger partial charge in [0, 0.05) is 31.4 Å². The third-order valence-corrected chi connectivity index (χ3v) is 4.26. The van der Waals surface area contributed by atoms with Crippen molar-refractivity contribution in [1.82, 2.24) is 15.2 Å². The molecule has 21 heavy (non-hydrogen) atoms. The van der Waals surface area contributed by atoms with Crippen LogP contribution in [0.15, 0.2) is 54.7 Å². The van der Waals surface area contributed by atoms with Crippen LogP contribution in [0.5, 0.6) is 0 Å². The molecule has 1 aromatic heterocycles. The van der Waals surface area contributed by atoms with E-state index in [0.29, 0.717) is 0 Å². The third-order valence-electron chi connectivity index (χ3n) is 4.26. The fourth-order valence-corrected chi connectivity index (χ4v) is 3.16. The second-order valence-corrected chi connectivity index (χ2v) is 6.25. The maximum Gasteiger partial charge on any atom is 0.0781 e. The van der Waals surface area contributed by atoms with Crippen LogP contribution in [0.3, 0.4) is 0 Å². The van der Waals surface area contributed by atoms with Crippen molar-refractivity contribution in [2.24, 2.45) is 0 Å². The first kappa shape index (κ1) is 14.2. The molecule has 1 aromatic carbocycles. The Balaban J connectivity index is 2.04. The Hall–Kier alpha value is -1.71. The maximum atomic E-state index is 4.63. The van der Waals surface area contributed by atoms with Gasteiger partial charge in [0.05, 0.1) is 11.7 Å². The number of hydrogen-bond donors (Lipinski definition) is 1. The molecule has 0 spiro atoms. The summed E-state index contributed by atoms with van der Waals surface area (Å²) in [6, 6.07) is 17.1. The van der Waals surface area contributed by atoms with Crippen LogP contribution >= 0.6 is 0 Å². The zero-order chi connectivity index (χ0) is 14.7. The highest BCUT2D eigenvalue weighted by molar-refractivity contribution is 5.28. The molecule has 0 aliphatic carbocycles. The predicted octanol–water partition coefficient (Wildman–Crippen LogP) is 2.85. The molecule has 0 amide bonds. The molecule has 1 saturated heterocycles. The lowest BCUT2D eigenvalue weighted by Gasteiger charge is -2.47. The Morgan fingerprint density at radius 2 is 1.86 bits per heavy atom. The first-order valence-corrected chi connectivity index (χ1v) is 7.62. The molecule has 1 N–H and O–H groups in total. The zero-order valence-electron chi connectivity index (χ0n) is 12.8. The molecule has 0 bridgehead atoms. The summed E-state index contributed by atoms with van der Waals surface area (Å²) < 4.78 is 0. The van der Waals surface area contributed by atoms with E-state index in [1.807, 2.05) is 12.3 Å². The van der Waals surface area contributed by atoms with E-state index in [-0.39, 0.29) is 11.6 Å². The largest absolute Gasteiger partial charge is 0.314 e. The molecule has 110 valence electrons. The van der Waals surface area contributed by atoms with Crippen molar-refractivity contribution in [1.29, 1.82) is 0 Å². The topological polar surface area (TPSA) is 28.2 Å². The highest BCUT2D eigenvalue weighted by atomic mass is 15.3. The summed E-state index contributed by atoms with van der Waals surface area (Å²) in [6.45, 7) is 7.67. The maximum absolute atomic E-state index is 4.63. The van der Waals surface area contributed by atoms with Crippen molar-refractivity contribution in [3.8, 4) is 0 Å². The van der Waals surface area contributed by atoms with Crippen molar-refractivity contribution < 1.29 is 0 Å². The van der Waals surface area contributed by atoms with E-state index in [1.54, 1.807) is 0 Å². The lowest BCUT2D eigenvalue weighted by molar-refractivity contribution is 0.0585. The Kier molecular flexibility index (Phi) is 4.04. The average Bonchev–Trinajstić information content (AvgIpc) is 2.51. The fraction of sp³-hybridized carbons (Fsp3) is 0.389. The van der Waals surface area contributed by atoms with Crippen molar-refractivity contribution in [2.75, 3.05) is 19.6 Å². The van der Waals surface area contributed by atoms with Gasteiger partial charge in [0.25, 0.3) is 0 Å². The molecular weight excluding hydrogens is 258 g/mol. The summed E-state index contributed by atoms with van der Waals surface area (Å²) in [5, 5.41) is 3.50. The van der Waals surface area contributed by atoms with Gasteiger partial charge in [0.2, 0.25) is 0 Å². The van der Waals surface area contributed by atoms with E-state index < -0.39 is 0 Å². The van der Waals surface area contributed by atoms with Gasteiger partial charge >= 0.3 is 0 Å². The summed E-state index contributed by atoms with van der Waals surface area (Å²) in [5.41, 5.74) is 2.54. The predicted molar refractivity (Wildman–Crippen MR) is 86.2 cm³/mol. The molecule has 3 nitrogen and oxygen atoms in total. The first-order chi connectivity index (χ1) is 10.2. The standard InChI is InChI=1S/C18H23N3/c1-18(2)14-19-12-13-21(18)17(15-8-4-3-5-9-15)16-10-6-7-11-20-16/h3-11,17,19H,12-14H2,1-2H3. The SMILES string of the molecule is CC1(C)CNCCN1C(c1ccccc1)c1ccccn1. The molecule has 0 radical (unpaired) electrons. The molecule has 3 heteroatoms. The Morgan fingerprint density at radius 1 is 1.10 bits per heavy atom. The Labute approximate surface area is 127 Å². The molecule has 3 rings (SSSR count). The molecule has 1 aliphatic heterocycles. The van der Waals surface area contributed by atoms with Gasteiger partial charge in [-0.1, -0.05) is 36.4 Å². The zero-order valence-corrected chi connectivity index (χ0v) is 12.8. The van der Waals surface area contributed by atoms with Crippen LogP contribution in [0.4, 0.5) is 0 Å². The van der Waals surface area contributed by atoms with E-state index >= 15 is 0 Å². The van der Waals surface area contributed by atoms with Crippen LogP contribution in [0.1, 0.15) is 31.1 Å². The molecule has 1 aliphatic rings. The minimum atomic E-state index is 0.107. The number of piperazine rings is 1. The number of nitrogens with zero attached hydrogens (tertiary/aromatic N) is 2. The van der Waals surface area contributed by atoms with E-state index in [4.69, 9.17) is 0 Å². The molecule has 0 saturated carbocycles. The van der Waals surface area contributed by atoms with Gasteiger partial charge < -0.3 is 5.32 Å². The van der Waals surface area contributed by atoms with Crippen LogP contribution in [0.25, 0.3) is 0 Å². The molecule has 1 fully saturated rings. The minimum Gasteiger partial charge on any atom is -0.314 e. The van der Waals surface area contributed by atoms with Crippen LogP contribution in [0, 0.1) is 0 Å². The molecule has 1 atom stereocenters. The molecule has 1 unspecified atom stereocenters. The number of aromatic nitrogens is 1. The monoisotopic (exact) mass is 281 g/mol. The number of benzene rings is 1. The third kappa shape index (κ3) is 2.99. The summed E-state index contributed by atoms with van der Waals surface area (Å²) in [7, 11) is 0.